The molecular weight excluding hydrogens is 208 g/mol. The number of rotatable bonds is 3. The standard InChI is InChI=1S/C12H22O4/c1-9(13)10(2)16-11-3-5-12(6-4-11)14-7-8-15-12/h9-11,13H,3-8H2,1-2H3. The molecule has 16 heavy (non-hydrogen) atoms. The van der Waals surface area contributed by atoms with Crippen molar-refractivity contribution in [2.75, 3.05) is 13.2 Å². The van der Waals surface area contributed by atoms with Gasteiger partial charge in [-0.3, -0.25) is 0 Å². The highest BCUT2D eigenvalue weighted by molar-refractivity contribution is 4.83. The fourth-order valence-electron chi connectivity index (χ4n) is 2.37. The molecule has 1 N–H and O–H groups in total. The van der Waals surface area contributed by atoms with Gasteiger partial charge in [-0.15, -0.1) is 0 Å². The summed E-state index contributed by atoms with van der Waals surface area (Å²) in [5.41, 5.74) is 0. The first-order valence-corrected chi connectivity index (χ1v) is 6.23. The Balaban J connectivity index is 1.76. The van der Waals surface area contributed by atoms with E-state index < -0.39 is 6.10 Å². The average molecular weight is 230 g/mol. The van der Waals surface area contributed by atoms with Crippen LogP contribution in [0.4, 0.5) is 0 Å². The molecule has 0 amide bonds. The Kier molecular flexibility index (Phi) is 3.85. The lowest BCUT2D eigenvalue weighted by Crippen LogP contribution is -2.39. The molecule has 0 radical (unpaired) electrons. The van der Waals surface area contributed by atoms with Crippen molar-refractivity contribution in [1.29, 1.82) is 0 Å². The zero-order chi connectivity index (χ0) is 11.6. The van der Waals surface area contributed by atoms with Crippen LogP contribution in [-0.4, -0.2) is 42.4 Å². The predicted molar refractivity (Wildman–Crippen MR) is 59.1 cm³/mol. The van der Waals surface area contributed by atoms with Crippen LogP contribution in [0.2, 0.25) is 0 Å². The molecule has 2 atom stereocenters. The summed E-state index contributed by atoms with van der Waals surface area (Å²) in [5, 5.41) is 9.38. The van der Waals surface area contributed by atoms with Crippen LogP contribution in [0.3, 0.4) is 0 Å². The molecule has 2 fully saturated rings. The van der Waals surface area contributed by atoms with Gasteiger partial charge in [0.25, 0.3) is 0 Å². The largest absolute Gasteiger partial charge is 0.391 e. The third-order valence-electron chi connectivity index (χ3n) is 3.59. The minimum atomic E-state index is -0.408. The number of hydrogen-bond donors (Lipinski definition) is 1. The second kappa shape index (κ2) is 5.00. The third-order valence-corrected chi connectivity index (χ3v) is 3.59. The maximum atomic E-state index is 9.38. The quantitative estimate of drug-likeness (QED) is 0.797. The van der Waals surface area contributed by atoms with E-state index in [4.69, 9.17) is 14.2 Å². The first-order chi connectivity index (χ1) is 7.61. The number of aliphatic hydroxyl groups is 1. The van der Waals surface area contributed by atoms with E-state index in [-0.39, 0.29) is 18.0 Å². The predicted octanol–water partition coefficient (Wildman–Crippen LogP) is 1.46. The summed E-state index contributed by atoms with van der Waals surface area (Å²) < 4.78 is 17.1. The Labute approximate surface area is 96.9 Å². The summed E-state index contributed by atoms with van der Waals surface area (Å²) in [6.07, 6.45) is 3.46. The van der Waals surface area contributed by atoms with Gasteiger partial charge in [-0.05, 0) is 26.7 Å². The van der Waals surface area contributed by atoms with Gasteiger partial charge in [0.2, 0.25) is 0 Å². The highest BCUT2D eigenvalue weighted by Crippen LogP contribution is 2.37. The van der Waals surface area contributed by atoms with Crippen LogP contribution in [-0.2, 0) is 14.2 Å². The molecule has 0 aromatic rings. The van der Waals surface area contributed by atoms with Crippen LogP contribution in [0.1, 0.15) is 39.5 Å². The van der Waals surface area contributed by atoms with Gasteiger partial charge in [0.05, 0.1) is 31.5 Å². The molecule has 0 aromatic carbocycles. The van der Waals surface area contributed by atoms with E-state index >= 15 is 0 Å². The molecule has 1 aliphatic heterocycles. The van der Waals surface area contributed by atoms with Gasteiger partial charge in [-0.25, -0.2) is 0 Å². The number of ether oxygens (including phenoxy) is 3. The molecular formula is C12H22O4. The Hall–Kier alpha value is -0.160. The molecule has 94 valence electrons. The zero-order valence-corrected chi connectivity index (χ0v) is 10.1. The van der Waals surface area contributed by atoms with Gasteiger partial charge in [0.1, 0.15) is 0 Å². The van der Waals surface area contributed by atoms with E-state index in [1.54, 1.807) is 6.92 Å². The van der Waals surface area contributed by atoms with E-state index in [0.717, 1.165) is 38.9 Å². The Morgan fingerprint density at radius 3 is 2.25 bits per heavy atom. The van der Waals surface area contributed by atoms with Crippen LogP contribution in [0, 0.1) is 0 Å². The van der Waals surface area contributed by atoms with Crippen LogP contribution >= 0.6 is 0 Å². The fourth-order valence-corrected chi connectivity index (χ4v) is 2.37. The Bertz CT molecular complexity index is 213. The molecule has 0 bridgehead atoms. The maximum absolute atomic E-state index is 9.38. The lowest BCUT2D eigenvalue weighted by molar-refractivity contribution is -0.198. The molecule has 1 heterocycles. The molecule has 1 spiro atoms. The minimum absolute atomic E-state index is 0.0931. The molecule has 1 saturated heterocycles. The minimum Gasteiger partial charge on any atom is -0.391 e. The van der Waals surface area contributed by atoms with Crippen LogP contribution in [0.5, 0.6) is 0 Å². The molecule has 1 aliphatic carbocycles. The summed E-state index contributed by atoms with van der Waals surface area (Å²) in [4.78, 5) is 0. The van der Waals surface area contributed by atoms with Crippen molar-refractivity contribution in [2.24, 2.45) is 0 Å². The Morgan fingerprint density at radius 2 is 1.75 bits per heavy atom. The van der Waals surface area contributed by atoms with Crippen molar-refractivity contribution in [2.45, 2.75) is 63.6 Å². The molecule has 0 aromatic heterocycles. The maximum Gasteiger partial charge on any atom is 0.168 e. The molecule has 4 heteroatoms. The normalized spacial score (nSPS) is 29.4. The summed E-state index contributed by atoms with van der Waals surface area (Å²) >= 11 is 0. The van der Waals surface area contributed by atoms with Crippen molar-refractivity contribution in [3.63, 3.8) is 0 Å². The summed E-state index contributed by atoms with van der Waals surface area (Å²) in [7, 11) is 0. The average Bonchev–Trinajstić information content (AvgIpc) is 2.70. The lowest BCUT2D eigenvalue weighted by Gasteiger charge is -2.36. The van der Waals surface area contributed by atoms with Crippen molar-refractivity contribution >= 4 is 0 Å². The van der Waals surface area contributed by atoms with Crippen molar-refractivity contribution < 1.29 is 19.3 Å². The lowest BCUT2D eigenvalue weighted by atomic mass is 9.91. The monoisotopic (exact) mass is 230 g/mol. The van der Waals surface area contributed by atoms with Gasteiger partial charge < -0.3 is 19.3 Å². The van der Waals surface area contributed by atoms with Crippen molar-refractivity contribution in [1.82, 2.24) is 0 Å². The van der Waals surface area contributed by atoms with E-state index in [0.29, 0.717) is 0 Å². The van der Waals surface area contributed by atoms with E-state index in [9.17, 15) is 5.11 Å². The number of hydrogen-bond acceptors (Lipinski definition) is 4. The van der Waals surface area contributed by atoms with E-state index in [1.165, 1.54) is 0 Å². The smallest absolute Gasteiger partial charge is 0.168 e. The van der Waals surface area contributed by atoms with Crippen LogP contribution in [0.25, 0.3) is 0 Å². The third kappa shape index (κ3) is 2.74. The molecule has 2 aliphatic rings. The summed E-state index contributed by atoms with van der Waals surface area (Å²) in [6.45, 7) is 5.11. The van der Waals surface area contributed by atoms with Crippen LogP contribution < -0.4 is 0 Å². The second-order valence-corrected chi connectivity index (χ2v) is 4.89. The highest BCUT2D eigenvalue weighted by atomic mass is 16.7. The Morgan fingerprint density at radius 1 is 1.19 bits per heavy atom. The first-order valence-electron chi connectivity index (χ1n) is 6.23. The zero-order valence-electron chi connectivity index (χ0n) is 10.1. The summed E-state index contributed by atoms with van der Waals surface area (Å²) in [5.74, 6) is -0.312. The SMILES string of the molecule is CC(O)C(C)OC1CCC2(CC1)OCCO2. The van der Waals surface area contributed by atoms with Crippen LogP contribution in [0.15, 0.2) is 0 Å². The van der Waals surface area contributed by atoms with Gasteiger partial charge in [-0.2, -0.15) is 0 Å². The topological polar surface area (TPSA) is 47.9 Å². The van der Waals surface area contributed by atoms with Gasteiger partial charge >= 0.3 is 0 Å². The van der Waals surface area contributed by atoms with Gasteiger partial charge in [0, 0.05) is 12.8 Å². The first kappa shape index (κ1) is 12.3. The molecule has 4 nitrogen and oxygen atoms in total. The van der Waals surface area contributed by atoms with E-state index in [1.807, 2.05) is 6.92 Å². The molecule has 2 rings (SSSR count). The number of aliphatic hydroxyl groups excluding tert-OH is 1. The fraction of sp³-hybridized carbons (Fsp3) is 1.00. The highest BCUT2D eigenvalue weighted by Gasteiger charge is 2.40. The summed E-state index contributed by atoms with van der Waals surface area (Å²) in [6, 6.07) is 0. The van der Waals surface area contributed by atoms with Gasteiger partial charge in [0.15, 0.2) is 5.79 Å². The van der Waals surface area contributed by atoms with E-state index in [2.05, 4.69) is 0 Å². The van der Waals surface area contributed by atoms with Crippen molar-refractivity contribution in [3.8, 4) is 0 Å². The molecule has 2 unspecified atom stereocenters. The molecule has 1 saturated carbocycles. The second-order valence-electron chi connectivity index (χ2n) is 4.89. The van der Waals surface area contributed by atoms with Crippen molar-refractivity contribution in [3.05, 3.63) is 0 Å². The van der Waals surface area contributed by atoms with Gasteiger partial charge in [-0.1, -0.05) is 0 Å².